The zero-order chi connectivity index (χ0) is 22.1. The second kappa shape index (κ2) is 8.03. The minimum atomic E-state index is -0.422. The van der Waals surface area contributed by atoms with Crippen LogP contribution >= 0.6 is 0 Å². The maximum absolute atomic E-state index is 13.0. The third kappa shape index (κ3) is 3.60. The van der Waals surface area contributed by atoms with Crippen molar-refractivity contribution in [2.45, 2.75) is 6.92 Å². The second-order valence-electron chi connectivity index (χ2n) is 7.31. The molecule has 0 atom stereocenters. The fourth-order valence-corrected chi connectivity index (χ4v) is 3.67. The molecule has 3 N–H and O–H groups in total. The number of para-hydroxylation sites is 3. The number of anilines is 1. The molecule has 0 unspecified atom stereocenters. The van der Waals surface area contributed by atoms with Gasteiger partial charge in [-0.1, -0.05) is 24.3 Å². The Balaban J connectivity index is 1.44. The Morgan fingerprint density at radius 2 is 1.75 bits per heavy atom. The molecule has 7 heteroatoms. The summed E-state index contributed by atoms with van der Waals surface area (Å²) < 4.78 is 5.03. The molecule has 1 amide bonds. The predicted octanol–water partition coefficient (Wildman–Crippen LogP) is 5.14. The summed E-state index contributed by atoms with van der Waals surface area (Å²) in [5, 5.41) is 3.74. The number of carbonyl (C=O) groups is 2. The summed E-state index contributed by atoms with van der Waals surface area (Å²) in [7, 11) is 0. The average Bonchev–Trinajstić information content (AvgIpc) is 3.43. The number of carbonyl (C=O) groups excluding carboxylic acids is 2. The molecule has 0 bridgehead atoms. The first-order chi connectivity index (χ1) is 15.6. The van der Waals surface area contributed by atoms with Crippen LogP contribution in [0.15, 0.2) is 72.8 Å². The number of aromatic amines is 2. The summed E-state index contributed by atoms with van der Waals surface area (Å²) in [6.07, 6.45) is 0. The number of benzene rings is 3. The molecule has 158 valence electrons. The number of imidazole rings is 1. The number of ether oxygens (including phenoxy) is 1. The molecule has 0 aliphatic heterocycles. The first-order valence-electron chi connectivity index (χ1n) is 10.3. The molecule has 0 radical (unpaired) electrons. The molecule has 3 aromatic carbocycles. The lowest BCUT2D eigenvalue weighted by Crippen LogP contribution is -2.12. The van der Waals surface area contributed by atoms with Gasteiger partial charge in [-0.05, 0) is 55.5 Å². The summed E-state index contributed by atoms with van der Waals surface area (Å²) in [6.45, 7) is 2.05. The zero-order valence-corrected chi connectivity index (χ0v) is 17.3. The summed E-state index contributed by atoms with van der Waals surface area (Å²) in [5.74, 6) is 0.00562. The molecule has 0 aliphatic carbocycles. The third-order valence-electron chi connectivity index (χ3n) is 5.20. The van der Waals surface area contributed by atoms with Gasteiger partial charge in [-0.25, -0.2) is 9.78 Å². The van der Waals surface area contributed by atoms with Gasteiger partial charge in [0, 0.05) is 22.0 Å². The smallest absolute Gasteiger partial charge is 0.354 e. The summed E-state index contributed by atoms with van der Waals surface area (Å²) >= 11 is 0. The molecule has 0 saturated carbocycles. The highest BCUT2D eigenvalue weighted by Crippen LogP contribution is 2.28. The fourth-order valence-electron chi connectivity index (χ4n) is 3.67. The van der Waals surface area contributed by atoms with Crippen LogP contribution in [0.25, 0.3) is 33.3 Å². The van der Waals surface area contributed by atoms with Crippen LogP contribution in [-0.2, 0) is 4.74 Å². The van der Waals surface area contributed by atoms with Crippen LogP contribution in [0.4, 0.5) is 5.69 Å². The molecule has 0 saturated heterocycles. The van der Waals surface area contributed by atoms with E-state index in [1.165, 1.54) is 0 Å². The van der Waals surface area contributed by atoms with Crippen molar-refractivity contribution in [2.75, 3.05) is 11.9 Å². The van der Waals surface area contributed by atoms with E-state index in [1.807, 2.05) is 48.5 Å². The van der Waals surface area contributed by atoms with E-state index in [1.54, 1.807) is 31.2 Å². The van der Waals surface area contributed by atoms with Gasteiger partial charge in [-0.2, -0.15) is 0 Å². The van der Waals surface area contributed by atoms with Crippen molar-refractivity contribution in [3.05, 3.63) is 84.1 Å². The van der Waals surface area contributed by atoms with Gasteiger partial charge < -0.3 is 20.0 Å². The average molecular weight is 424 g/mol. The second-order valence-corrected chi connectivity index (χ2v) is 7.31. The fraction of sp³-hybridized carbons (Fsp3) is 0.0800. The number of hydrogen-bond donors (Lipinski definition) is 3. The number of rotatable bonds is 5. The summed E-state index contributed by atoms with van der Waals surface area (Å²) in [5.41, 5.74) is 4.83. The van der Waals surface area contributed by atoms with Crippen LogP contribution in [0.5, 0.6) is 0 Å². The minimum Gasteiger partial charge on any atom is -0.461 e. The Labute approximate surface area is 183 Å². The SMILES string of the molecule is CCOC(=O)c1cc2cc(C(=O)Nc3ccccc3-c3nc4ccccc4[nH]3)ccc2[nH]1. The van der Waals surface area contributed by atoms with Crippen molar-refractivity contribution in [3.63, 3.8) is 0 Å². The summed E-state index contributed by atoms with van der Waals surface area (Å²) in [4.78, 5) is 36.0. The van der Waals surface area contributed by atoms with Crippen LogP contribution in [0.2, 0.25) is 0 Å². The van der Waals surface area contributed by atoms with Crippen LogP contribution in [0, 0.1) is 0 Å². The minimum absolute atomic E-state index is 0.255. The van der Waals surface area contributed by atoms with E-state index in [4.69, 9.17) is 4.74 Å². The first kappa shape index (κ1) is 19.6. The molecular weight excluding hydrogens is 404 g/mol. The van der Waals surface area contributed by atoms with Crippen molar-refractivity contribution in [1.29, 1.82) is 0 Å². The molecule has 0 aliphatic rings. The van der Waals surface area contributed by atoms with E-state index in [0.29, 0.717) is 29.4 Å². The molecule has 0 spiro atoms. The lowest BCUT2D eigenvalue weighted by Gasteiger charge is -2.09. The van der Waals surface area contributed by atoms with Crippen molar-refractivity contribution >= 4 is 39.5 Å². The Hall–Kier alpha value is -4.39. The van der Waals surface area contributed by atoms with Gasteiger partial charge in [-0.3, -0.25) is 4.79 Å². The Bertz CT molecular complexity index is 1430. The zero-order valence-electron chi connectivity index (χ0n) is 17.3. The van der Waals surface area contributed by atoms with Gasteiger partial charge in [0.15, 0.2) is 0 Å². The standard InChI is InChI=1S/C25H20N4O3/c1-2-32-25(31)22-14-16-13-15(11-12-18(16)26-22)24(30)29-19-8-4-3-7-17(19)23-27-20-9-5-6-10-21(20)28-23/h3-14,26H,2H2,1H3,(H,27,28)(H,29,30). The van der Waals surface area contributed by atoms with E-state index in [2.05, 4.69) is 20.3 Å². The number of aromatic nitrogens is 3. The van der Waals surface area contributed by atoms with Crippen molar-refractivity contribution in [1.82, 2.24) is 15.0 Å². The highest BCUT2D eigenvalue weighted by molar-refractivity contribution is 6.08. The van der Waals surface area contributed by atoms with E-state index < -0.39 is 5.97 Å². The van der Waals surface area contributed by atoms with Crippen molar-refractivity contribution < 1.29 is 14.3 Å². The van der Waals surface area contributed by atoms with Gasteiger partial charge in [0.1, 0.15) is 11.5 Å². The van der Waals surface area contributed by atoms with E-state index in [-0.39, 0.29) is 5.91 Å². The number of H-pyrrole nitrogens is 2. The Morgan fingerprint density at radius 3 is 2.59 bits per heavy atom. The Kier molecular flexibility index (Phi) is 4.91. The lowest BCUT2D eigenvalue weighted by molar-refractivity contribution is 0.0520. The maximum Gasteiger partial charge on any atom is 0.354 e. The third-order valence-corrected chi connectivity index (χ3v) is 5.20. The van der Waals surface area contributed by atoms with Crippen molar-refractivity contribution in [2.24, 2.45) is 0 Å². The predicted molar refractivity (Wildman–Crippen MR) is 124 cm³/mol. The van der Waals surface area contributed by atoms with Crippen LogP contribution < -0.4 is 5.32 Å². The summed E-state index contributed by atoms with van der Waals surface area (Å²) in [6, 6.07) is 22.2. The largest absolute Gasteiger partial charge is 0.461 e. The normalized spacial score (nSPS) is 11.0. The van der Waals surface area contributed by atoms with Crippen molar-refractivity contribution in [3.8, 4) is 11.4 Å². The number of fused-ring (bicyclic) bond motifs is 2. The van der Waals surface area contributed by atoms with Gasteiger partial charge in [-0.15, -0.1) is 0 Å². The van der Waals surface area contributed by atoms with E-state index in [9.17, 15) is 9.59 Å². The highest BCUT2D eigenvalue weighted by atomic mass is 16.5. The number of esters is 1. The van der Waals surface area contributed by atoms with Gasteiger partial charge in [0.05, 0.1) is 23.3 Å². The topological polar surface area (TPSA) is 99.9 Å². The molecule has 0 fully saturated rings. The monoisotopic (exact) mass is 424 g/mol. The number of hydrogen-bond acceptors (Lipinski definition) is 4. The molecule has 5 rings (SSSR count). The number of amides is 1. The number of nitrogens with zero attached hydrogens (tertiary/aromatic N) is 1. The van der Waals surface area contributed by atoms with Crippen LogP contribution in [0.3, 0.4) is 0 Å². The van der Waals surface area contributed by atoms with E-state index >= 15 is 0 Å². The van der Waals surface area contributed by atoms with Gasteiger partial charge in [0.25, 0.3) is 5.91 Å². The lowest BCUT2D eigenvalue weighted by atomic mass is 10.1. The van der Waals surface area contributed by atoms with Crippen LogP contribution in [0.1, 0.15) is 27.8 Å². The van der Waals surface area contributed by atoms with E-state index in [0.717, 1.165) is 27.5 Å². The quantitative estimate of drug-likeness (QED) is 0.340. The first-order valence-corrected chi connectivity index (χ1v) is 10.3. The molecule has 2 heterocycles. The molecule has 5 aromatic rings. The van der Waals surface area contributed by atoms with Gasteiger partial charge in [0.2, 0.25) is 0 Å². The van der Waals surface area contributed by atoms with Crippen LogP contribution in [-0.4, -0.2) is 33.4 Å². The number of nitrogens with one attached hydrogen (secondary N) is 3. The highest BCUT2D eigenvalue weighted by Gasteiger charge is 2.15. The van der Waals surface area contributed by atoms with Gasteiger partial charge >= 0.3 is 5.97 Å². The maximum atomic E-state index is 13.0. The molecule has 7 nitrogen and oxygen atoms in total. The molecular formula is C25H20N4O3. The molecule has 32 heavy (non-hydrogen) atoms. The molecule has 2 aromatic heterocycles. The Morgan fingerprint density at radius 1 is 0.938 bits per heavy atom.